The van der Waals surface area contributed by atoms with Crippen LogP contribution in [-0.2, 0) is 15.3 Å². The Morgan fingerprint density at radius 2 is 1.67 bits per heavy atom. The van der Waals surface area contributed by atoms with E-state index in [0.717, 1.165) is 24.4 Å². The second-order valence-corrected chi connectivity index (χ2v) is 6.31. The summed E-state index contributed by atoms with van der Waals surface area (Å²) < 4.78 is 50.0. The van der Waals surface area contributed by atoms with E-state index < -0.39 is 17.7 Å². The highest BCUT2D eigenvalue weighted by Crippen LogP contribution is 2.36. The highest BCUT2D eigenvalue weighted by molar-refractivity contribution is 8.02. The molecule has 27 heavy (non-hydrogen) atoms. The van der Waals surface area contributed by atoms with Gasteiger partial charge in [0.2, 0.25) is 0 Å². The monoisotopic (exact) mass is 397 g/mol. The molecule has 0 amide bonds. The Labute approximate surface area is 159 Å². The summed E-state index contributed by atoms with van der Waals surface area (Å²) in [6.07, 6.45) is -4.87. The molecule has 1 N–H and O–H groups in total. The average molecular weight is 397 g/mol. The number of carbonyl (C=O) groups excluding carboxylic acids is 1. The van der Waals surface area contributed by atoms with Gasteiger partial charge in [-0.05, 0) is 29.8 Å². The van der Waals surface area contributed by atoms with Gasteiger partial charge in [-0.3, -0.25) is 0 Å². The summed E-state index contributed by atoms with van der Waals surface area (Å²) in [7, 11) is 2.41. The summed E-state index contributed by atoms with van der Waals surface area (Å²) in [5, 5.41) is 2.36. The molecule has 0 heterocycles. The predicted octanol–water partition coefficient (Wildman–Crippen LogP) is 4.99. The van der Waals surface area contributed by atoms with Crippen LogP contribution in [0.25, 0.3) is 0 Å². The molecule has 0 aliphatic carbocycles. The first kappa shape index (κ1) is 20.7. The van der Waals surface area contributed by atoms with Crippen LogP contribution in [0.3, 0.4) is 0 Å². The number of anilines is 1. The zero-order valence-corrected chi connectivity index (χ0v) is 15.5. The van der Waals surface area contributed by atoms with Crippen molar-refractivity contribution in [3.8, 4) is 5.75 Å². The van der Waals surface area contributed by atoms with Gasteiger partial charge in [0, 0.05) is 11.4 Å². The highest BCUT2D eigenvalue weighted by atomic mass is 32.2. The first-order valence-electron chi connectivity index (χ1n) is 7.82. The fourth-order valence-corrected chi connectivity index (χ4v) is 3.18. The van der Waals surface area contributed by atoms with E-state index >= 15 is 0 Å². The Kier molecular flexibility index (Phi) is 7.18. The molecule has 0 aliphatic rings. The maximum absolute atomic E-state index is 13.5. The number of thioether (sulfide) groups is 1. The summed E-state index contributed by atoms with van der Waals surface area (Å²) in [6.45, 7) is 0. The molecule has 0 spiro atoms. The SMILES string of the molecule is COC(=O)/C(=C(\Nc1ccc(OC)cc1)SCc1ccccc1)C(F)(F)F. The van der Waals surface area contributed by atoms with Crippen LogP contribution >= 0.6 is 11.8 Å². The van der Waals surface area contributed by atoms with Gasteiger partial charge in [0.1, 0.15) is 5.75 Å². The van der Waals surface area contributed by atoms with Gasteiger partial charge < -0.3 is 14.8 Å². The molecule has 0 aromatic heterocycles. The largest absolute Gasteiger partial charge is 0.497 e. The third-order valence-corrected chi connectivity index (χ3v) is 4.55. The van der Waals surface area contributed by atoms with Crippen molar-refractivity contribution in [3.05, 3.63) is 70.8 Å². The molecular weight excluding hydrogens is 379 g/mol. The normalized spacial score (nSPS) is 12.2. The standard InChI is InChI=1S/C19H18F3NO3S/c1-25-15-10-8-14(9-11-15)23-17(16(18(24)26-2)19(20,21)22)27-12-13-6-4-3-5-7-13/h3-11,23H,12H2,1-2H3/b17-16-. The smallest absolute Gasteiger partial charge is 0.425 e. The number of carbonyl (C=O) groups is 1. The lowest BCUT2D eigenvalue weighted by Crippen LogP contribution is -2.25. The number of hydrogen-bond donors (Lipinski definition) is 1. The quantitative estimate of drug-likeness (QED) is 0.527. The summed E-state index contributed by atoms with van der Waals surface area (Å²) in [4.78, 5) is 11.8. The molecule has 0 saturated carbocycles. The van der Waals surface area contributed by atoms with Crippen molar-refractivity contribution >= 4 is 23.4 Å². The Morgan fingerprint density at radius 3 is 2.19 bits per heavy atom. The second kappa shape index (κ2) is 9.36. The number of esters is 1. The van der Waals surface area contributed by atoms with Gasteiger partial charge >= 0.3 is 12.1 Å². The molecule has 2 aromatic rings. The third-order valence-electron chi connectivity index (χ3n) is 3.47. The molecule has 0 unspecified atom stereocenters. The van der Waals surface area contributed by atoms with Crippen LogP contribution in [0.4, 0.5) is 18.9 Å². The van der Waals surface area contributed by atoms with Crippen molar-refractivity contribution in [2.75, 3.05) is 19.5 Å². The Balaban J connectivity index is 2.38. The van der Waals surface area contributed by atoms with E-state index in [0.29, 0.717) is 11.4 Å². The number of benzene rings is 2. The predicted molar refractivity (Wildman–Crippen MR) is 99.5 cm³/mol. The minimum atomic E-state index is -4.87. The molecule has 2 aromatic carbocycles. The summed E-state index contributed by atoms with van der Waals surface area (Å²) in [5.74, 6) is -0.637. The first-order chi connectivity index (χ1) is 12.8. The number of ether oxygens (including phenoxy) is 2. The van der Waals surface area contributed by atoms with E-state index in [1.807, 2.05) is 6.07 Å². The van der Waals surface area contributed by atoms with Crippen LogP contribution in [0.2, 0.25) is 0 Å². The van der Waals surface area contributed by atoms with E-state index in [-0.39, 0.29) is 10.8 Å². The van der Waals surface area contributed by atoms with E-state index in [1.165, 1.54) is 7.11 Å². The minimum absolute atomic E-state index is 0.246. The van der Waals surface area contributed by atoms with E-state index in [9.17, 15) is 18.0 Å². The van der Waals surface area contributed by atoms with Crippen molar-refractivity contribution in [2.45, 2.75) is 11.9 Å². The van der Waals surface area contributed by atoms with Crippen LogP contribution in [0.5, 0.6) is 5.75 Å². The topological polar surface area (TPSA) is 47.6 Å². The molecule has 0 fully saturated rings. The van der Waals surface area contributed by atoms with Crippen molar-refractivity contribution in [2.24, 2.45) is 0 Å². The van der Waals surface area contributed by atoms with Crippen molar-refractivity contribution < 1.29 is 27.4 Å². The van der Waals surface area contributed by atoms with Crippen LogP contribution in [-0.4, -0.2) is 26.4 Å². The summed E-state index contributed by atoms with van der Waals surface area (Å²) >= 11 is 0.875. The van der Waals surface area contributed by atoms with E-state index in [2.05, 4.69) is 10.1 Å². The molecule has 0 saturated heterocycles. The van der Waals surface area contributed by atoms with Gasteiger partial charge in [-0.25, -0.2) is 4.79 Å². The van der Waals surface area contributed by atoms with E-state index in [1.54, 1.807) is 48.5 Å². The van der Waals surface area contributed by atoms with Crippen molar-refractivity contribution in [1.29, 1.82) is 0 Å². The Morgan fingerprint density at radius 1 is 1.04 bits per heavy atom. The van der Waals surface area contributed by atoms with Gasteiger partial charge in [-0.2, -0.15) is 13.2 Å². The molecule has 0 radical (unpaired) electrons. The van der Waals surface area contributed by atoms with Crippen LogP contribution < -0.4 is 10.1 Å². The minimum Gasteiger partial charge on any atom is -0.497 e. The maximum Gasteiger partial charge on any atom is 0.425 e. The lowest BCUT2D eigenvalue weighted by atomic mass is 10.2. The van der Waals surface area contributed by atoms with Gasteiger partial charge in [0.15, 0.2) is 5.57 Å². The van der Waals surface area contributed by atoms with Gasteiger partial charge in [0.05, 0.1) is 19.2 Å². The lowest BCUT2D eigenvalue weighted by molar-refractivity contribution is -0.148. The fraction of sp³-hybridized carbons (Fsp3) is 0.211. The Bertz CT molecular complexity index is 790. The average Bonchev–Trinajstić information content (AvgIpc) is 2.66. The van der Waals surface area contributed by atoms with E-state index in [4.69, 9.17) is 4.74 Å². The van der Waals surface area contributed by atoms with Gasteiger partial charge in [-0.1, -0.05) is 30.3 Å². The molecule has 0 bridgehead atoms. The lowest BCUT2D eigenvalue weighted by Gasteiger charge is -2.18. The summed E-state index contributed by atoms with van der Waals surface area (Å²) in [5.41, 5.74) is -0.165. The first-order valence-corrected chi connectivity index (χ1v) is 8.81. The van der Waals surface area contributed by atoms with Crippen molar-refractivity contribution in [1.82, 2.24) is 0 Å². The van der Waals surface area contributed by atoms with Crippen LogP contribution in [0.1, 0.15) is 5.56 Å². The number of alkyl halides is 3. The molecule has 4 nitrogen and oxygen atoms in total. The Hall–Kier alpha value is -2.61. The highest BCUT2D eigenvalue weighted by Gasteiger charge is 2.42. The third kappa shape index (κ3) is 5.96. The molecular formula is C19H18F3NO3S. The maximum atomic E-state index is 13.5. The van der Waals surface area contributed by atoms with Crippen molar-refractivity contribution in [3.63, 3.8) is 0 Å². The summed E-state index contributed by atoms with van der Waals surface area (Å²) in [6, 6.07) is 15.3. The number of hydrogen-bond acceptors (Lipinski definition) is 5. The van der Waals surface area contributed by atoms with Gasteiger partial charge in [-0.15, -0.1) is 11.8 Å². The zero-order chi connectivity index (χ0) is 19.9. The molecule has 144 valence electrons. The number of methoxy groups -OCH3 is 2. The zero-order valence-electron chi connectivity index (χ0n) is 14.7. The number of halogens is 3. The number of rotatable bonds is 7. The van der Waals surface area contributed by atoms with Crippen LogP contribution in [0.15, 0.2) is 65.2 Å². The molecule has 2 rings (SSSR count). The van der Waals surface area contributed by atoms with Gasteiger partial charge in [0.25, 0.3) is 0 Å². The van der Waals surface area contributed by atoms with Crippen LogP contribution in [0, 0.1) is 0 Å². The second-order valence-electron chi connectivity index (χ2n) is 5.32. The fourth-order valence-electron chi connectivity index (χ4n) is 2.15. The number of nitrogens with one attached hydrogen (secondary N) is 1. The molecule has 0 atom stereocenters. The molecule has 8 heteroatoms. The molecule has 0 aliphatic heterocycles.